The van der Waals surface area contributed by atoms with Gasteiger partial charge in [0.25, 0.3) is 5.91 Å². The number of nitrogens with one attached hydrogen (secondary N) is 1. The largest absolute Gasteiger partial charge is 0.326 e. The lowest BCUT2D eigenvalue weighted by molar-refractivity contribution is -0.119. The van der Waals surface area contributed by atoms with Gasteiger partial charge in [0.05, 0.1) is 0 Å². The topological polar surface area (TPSA) is 49.4 Å². The highest BCUT2D eigenvalue weighted by molar-refractivity contribution is 6.07. The maximum Gasteiger partial charge on any atom is 0.258 e. The summed E-state index contributed by atoms with van der Waals surface area (Å²) in [6.07, 6.45) is 6.16. The van der Waals surface area contributed by atoms with Crippen molar-refractivity contribution < 1.29 is 9.59 Å². The first-order chi connectivity index (χ1) is 12.7. The Kier molecular flexibility index (Phi) is 4.74. The molecule has 2 aromatic carbocycles. The zero-order chi connectivity index (χ0) is 17.9. The predicted octanol–water partition coefficient (Wildman–Crippen LogP) is 4.41. The van der Waals surface area contributed by atoms with Crippen LogP contribution < -0.4 is 10.2 Å². The van der Waals surface area contributed by atoms with Gasteiger partial charge in [-0.2, -0.15) is 0 Å². The van der Waals surface area contributed by atoms with Gasteiger partial charge in [0.15, 0.2) is 0 Å². The minimum absolute atomic E-state index is 0.0193. The van der Waals surface area contributed by atoms with E-state index in [0.717, 1.165) is 49.9 Å². The summed E-state index contributed by atoms with van der Waals surface area (Å²) in [5, 5.41) is 3.06. The fourth-order valence-electron chi connectivity index (χ4n) is 4.03. The third kappa shape index (κ3) is 3.36. The van der Waals surface area contributed by atoms with E-state index < -0.39 is 0 Å². The normalized spacial score (nSPS) is 17.0. The van der Waals surface area contributed by atoms with Crippen molar-refractivity contribution in [1.29, 1.82) is 0 Å². The van der Waals surface area contributed by atoms with Gasteiger partial charge in [-0.3, -0.25) is 9.59 Å². The maximum atomic E-state index is 12.9. The van der Waals surface area contributed by atoms with E-state index in [2.05, 4.69) is 5.32 Å². The van der Waals surface area contributed by atoms with Crippen molar-refractivity contribution in [3.05, 3.63) is 59.7 Å². The molecule has 1 aliphatic carbocycles. The van der Waals surface area contributed by atoms with Crippen molar-refractivity contribution in [2.45, 2.75) is 38.5 Å². The van der Waals surface area contributed by atoms with Crippen LogP contribution >= 0.6 is 0 Å². The number of hydrogen-bond acceptors (Lipinski definition) is 2. The van der Waals surface area contributed by atoms with Gasteiger partial charge in [0.1, 0.15) is 0 Å². The number of carbonyl (C=O) groups is 2. The molecule has 4 nitrogen and oxygen atoms in total. The molecule has 1 fully saturated rings. The zero-order valence-corrected chi connectivity index (χ0v) is 14.9. The molecule has 4 rings (SSSR count). The summed E-state index contributed by atoms with van der Waals surface area (Å²) in [5.74, 6) is 0.262. The molecule has 0 atom stereocenters. The van der Waals surface area contributed by atoms with Crippen molar-refractivity contribution >= 4 is 23.2 Å². The molecule has 1 N–H and O–H groups in total. The molecular formula is C22H24N2O2. The van der Waals surface area contributed by atoms with Crippen molar-refractivity contribution in [3.8, 4) is 0 Å². The van der Waals surface area contributed by atoms with Crippen LogP contribution in [0, 0.1) is 5.92 Å². The van der Waals surface area contributed by atoms with Gasteiger partial charge in [-0.15, -0.1) is 0 Å². The molecule has 1 aliphatic heterocycles. The zero-order valence-electron chi connectivity index (χ0n) is 14.9. The van der Waals surface area contributed by atoms with Gasteiger partial charge >= 0.3 is 0 Å². The van der Waals surface area contributed by atoms with Gasteiger partial charge in [0.2, 0.25) is 5.91 Å². The molecule has 0 saturated heterocycles. The van der Waals surface area contributed by atoms with E-state index in [0.29, 0.717) is 12.1 Å². The SMILES string of the molecule is O=C(Nc1ccc2c(c1)N(C(=O)c1ccccc1)CCC2)C1CCCC1. The maximum absolute atomic E-state index is 12.9. The molecule has 134 valence electrons. The molecular weight excluding hydrogens is 324 g/mol. The van der Waals surface area contributed by atoms with Crippen molar-refractivity contribution in [2.24, 2.45) is 5.92 Å². The van der Waals surface area contributed by atoms with Crippen molar-refractivity contribution in [2.75, 3.05) is 16.8 Å². The van der Waals surface area contributed by atoms with Crippen molar-refractivity contribution in [3.63, 3.8) is 0 Å². The monoisotopic (exact) mass is 348 g/mol. The highest BCUT2D eigenvalue weighted by Gasteiger charge is 2.26. The fraction of sp³-hybridized carbons (Fsp3) is 0.364. The second-order valence-corrected chi connectivity index (χ2v) is 7.24. The predicted molar refractivity (Wildman–Crippen MR) is 103 cm³/mol. The van der Waals surface area contributed by atoms with E-state index in [-0.39, 0.29) is 17.7 Å². The number of anilines is 2. The van der Waals surface area contributed by atoms with E-state index in [1.807, 2.05) is 53.4 Å². The quantitative estimate of drug-likeness (QED) is 0.893. The van der Waals surface area contributed by atoms with Crippen LogP contribution in [0.15, 0.2) is 48.5 Å². The molecule has 0 unspecified atom stereocenters. The Bertz CT molecular complexity index is 810. The van der Waals surface area contributed by atoms with Crippen LogP contribution in [0.4, 0.5) is 11.4 Å². The molecule has 2 aromatic rings. The van der Waals surface area contributed by atoms with Crippen LogP contribution in [0.25, 0.3) is 0 Å². The second-order valence-electron chi connectivity index (χ2n) is 7.24. The van der Waals surface area contributed by atoms with Crippen LogP contribution in [-0.2, 0) is 11.2 Å². The third-order valence-corrected chi connectivity index (χ3v) is 5.46. The van der Waals surface area contributed by atoms with E-state index in [4.69, 9.17) is 0 Å². The highest BCUT2D eigenvalue weighted by Crippen LogP contribution is 2.32. The van der Waals surface area contributed by atoms with Crippen LogP contribution in [0.5, 0.6) is 0 Å². The van der Waals surface area contributed by atoms with E-state index >= 15 is 0 Å². The lowest BCUT2D eigenvalue weighted by Crippen LogP contribution is -2.35. The third-order valence-electron chi connectivity index (χ3n) is 5.46. The number of benzene rings is 2. The number of hydrogen-bond donors (Lipinski definition) is 1. The summed E-state index contributed by atoms with van der Waals surface area (Å²) in [5.41, 5.74) is 3.57. The smallest absolute Gasteiger partial charge is 0.258 e. The Morgan fingerprint density at radius 2 is 1.73 bits per heavy atom. The van der Waals surface area contributed by atoms with Crippen molar-refractivity contribution in [1.82, 2.24) is 0 Å². The number of amides is 2. The second kappa shape index (κ2) is 7.32. The molecule has 26 heavy (non-hydrogen) atoms. The van der Waals surface area contributed by atoms with E-state index in [1.165, 1.54) is 5.56 Å². The van der Waals surface area contributed by atoms with Gasteiger partial charge in [-0.1, -0.05) is 37.1 Å². The summed E-state index contributed by atoms with van der Waals surface area (Å²) < 4.78 is 0. The number of rotatable bonds is 3. The highest BCUT2D eigenvalue weighted by atomic mass is 16.2. The first kappa shape index (κ1) is 16.8. The fourth-order valence-corrected chi connectivity index (χ4v) is 4.03. The molecule has 1 heterocycles. The van der Waals surface area contributed by atoms with Crippen LogP contribution in [0.3, 0.4) is 0 Å². The minimum atomic E-state index is 0.0193. The van der Waals surface area contributed by atoms with Crippen LogP contribution in [-0.4, -0.2) is 18.4 Å². The van der Waals surface area contributed by atoms with Crippen LogP contribution in [0.1, 0.15) is 48.0 Å². The van der Waals surface area contributed by atoms with Gasteiger partial charge < -0.3 is 10.2 Å². The summed E-state index contributed by atoms with van der Waals surface area (Å²) in [6.45, 7) is 0.709. The van der Waals surface area contributed by atoms with Crippen LogP contribution in [0.2, 0.25) is 0 Å². The van der Waals surface area contributed by atoms with Gasteiger partial charge in [-0.05, 0) is 55.5 Å². The molecule has 4 heteroatoms. The molecule has 1 saturated carbocycles. The lowest BCUT2D eigenvalue weighted by Gasteiger charge is -2.30. The standard InChI is InChI=1S/C22H24N2O2/c25-21(17-7-4-5-8-17)23-19-13-12-16-11-6-14-24(20(16)15-19)22(26)18-9-2-1-3-10-18/h1-3,9-10,12-13,15,17H,4-8,11,14H2,(H,23,25). The molecule has 0 bridgehead atoms. The summed E-state index contributed by atoms with van der Waals surface area (Å²) >= 11 is 0. The summed E-state index contributed by atoms with van der Waals surface area (Å²) in [6, 6.07) is 15.4. The summed E-state index contributed by atoms with van der Waals surface area (Å²) in [4.78, 5) is 27.2. The first-order valence-corrected chi connectivity index (χ1v) is 9.53. The Balaban J connectivity index is 1.58. The van der Waals surface area contributed by atoms with Gasteiger partial charge in [0, 0.05) is 29.4 Å². The molecule has 0 radical (unpaired) electrons. The number of aryl methyl sites for hydroxylation is 1. The number of carbonyl (C=O) groups excluding carboxylic acids is 2. The Hall–Kier alpha value is -2.62. The average molecular weight is 348 g/mol. The number of fused-ring (bicyclic) bond motifs is 1. The number of nitrogens with zero attached hydrogens (tertiary/aromatic N) is 1. The molecule has 0 spiro atoms. The molecule has 2 aliphatic rings. The van der Waals surface area contributed by atoms with Gasteiger partial charge in [-0.25, -0.2) is 0 Å². The summed E-state index contributed by atoms with van der Waals surface area (Å²) in [7, 11) is 0. The molecule has 2 amide bonds. The Labute approximate surface area is 154 Å². The Morgan fingerprint density at radius 3 is 2.50 bits per heavy atom. The van der Waals surface area contributed by atoms with E-state index in [1.54, 1.807) is 0 Å². The van der Waals surface area contributed by atoms with E-state index in [9.17, 15) is 9.59 Å². The first-order valence-electron chi connectivity index (χ1n) is 9.53. The minimum Gasteiger partial charge on any atom is -0.326 e. The lowest BCUT2D eigenvalue weighted by atomic mass is 9.99. The molecule has 0 aromatic heterocycles. The average Bonchev–Trinajstić information content (AvgIpc) is 3.23. The Morgan fingerprint density at radius 1 is 0.962 bits per heavy atom.